The van der Waals surface area contributed by atoms with Gasteiger partial charge in [-0.3, -0.25) is 9.69 Å². The third-order valence-electron chi connectivity index (χ3n) is 5.21. The van der Waals surface area contributed by atoms with Crippen LogP contribution in [-0.4, -0.2) is 48.4 Å². The normalized spacial score (nSPS) is 16.4. The molecule has 0 atom stereocenters. The van der Waals surface area contributed by atoms with Gasteiger partial charge in [-0.05, 0) is 65.5 Å². The lowest BCUT2D eigenvalue weighted by Crippen LogP contribution is -2.48. The maximum absolute atomic E-state index is 12.3. The van der Waals surface area contributed by atoms with Crippen LogP contribution < -0.4 is 0 Å². The molecule has 1 aromatic heterocycles. The molecular weight excluding hydrogens is 348 g/mol. The Morgan fingerprint density at radius 3 is 2.21 bits per heavy atom. The van der Waals surface area contributed by atoms with Gasteiger partial charge in [-0.15, -0.1) is 0 Å². The topological polar surface area (TPSA) is 36.7 Å². The molecule has 154 valence electrons. The molecule has 1 saturated heterocycles. The lowest BCUT2D eigenvalue weighted by molar-refractivity contribution is 0.0618. The number of carbonyl (C=O) groups is 1. The molecule has 0 bridgehead atoms. The van der Waals surface area contributed by atoms with Crippen molar-refractivity contribution in [1.29, 1.82) is 0 Å². The molecule has 1 aliphatic rings. The van der Waals surface area contributed by atoms with Crippen molar-refractivity contribution in [3.63, 3.8) is 0 Å². The number of nitrogens with zero attached hydrogens (tertiary/aromatic N) is 2. The van der Waals surface area contributed by atoms with E-state index in [9.17, 15) is 4.79 Å². The van der Waals surface area contributed by atoms with Crippen LogP contribution in [-0.2, 0) is 0 Å². The molecule has 0 aromatic carbocycles. The first-order valence-corrected chi connectivity index (χ1v) is 10.5. The van der Waals surface area contributed by atoms with E-state index in [4.69, 9.17) is 4.42 Å². The molecule has 4 heteroatoms. The minimum atomic E-state index is 0.00289. The fourth-order valence-electron chi connectivity index (χ4n) is 3.31. The van der Waals surface area contributed by atoms with Gasteiger partial charge >= 0.3 is 0 Å². The molecule has 0 spiro atoms. The summed E-state index contributed by atoms with van der Waals surface area (Å²) in [6.07, 6.45) is 13.1. The number of amides is 1. The van der Waals surface area contributed by atoms with Gasteiger partial charge in [0.2, 0.25) is 0 Å². The molecule has 0 N–H and O–H groups in total. The van der Waals surface area contributed by atoms with Crippen LogP contribution in [0.3, 0.4) is 0 Å². The Morgan fingerprint density at radius 1 is 0.964 bits per heavy atom. The van der Waals surface area contributed by atoms with E-state index in [1.807, 2.05) is 4.90 Å². The van der Waals surface area contributed by atoms with E-state index in [1.165, 1.54) is 16.7 Å². The van der Waals surface area contributed by atoms with Crippen LogP contribution in [0.4, 0.5) is 0 Å². The summed E-state index contributed by atoms with van der Waals surface area (Å²) in [5, 5.41) is 0. The third-order valence-corrected chi connectivity index (χ3v) is 5.21. The predicted molar refractivity (Wildman–Crippen MR) is 116 cm³/mol. The zero-order valence-corrected chi connectivity index (χ0v) is 18.0. The van der Waals surface area contributed by atoms with Crippen LogP contribution >= 0.6 is 0 Å². The fourth-order valence-corrected chi connectivity index (χ4v) is 3.31. The smallest absolute Gasteiger partial charge is 0.289 e. The highest BCUT2D eigenvalue weighted by Gasteiger charge is 2.22. The van der Waals surface area contributed by atoms with E-state index in [1.54, 1.807) is 18.4 Å². The number of hydrogen-bond donors (Lipinski definition) is 0. The number of allylic oxidation sites excluding steroid dienone is 5. The molecule has 1 amide bonds. The summed E-state index contributed by atoms with van der Waals surface area (Å²) in [6.45, 7) is 13.1. The highest BCUT2D eigenvalue weighted by Crippen LogP contribution is 2.13. The molecule has 0 saturated carbocycles. The third kappa shape index (κ3) is 7.89. The quantitative estimate of drug-likeness (QED) is 0.531. The van der Waals surface area contributed by atoms with Gasteiger partial charge < -0.3 is 9.32 Å². The molecule has 2 rings (SSSR count). The van der Waals surface area contributed by atoms with Gasteiger partial charge in [0.05, 0.1) is 6.26 Å². The monoisotopic (exact) mass is 384 g/mol. The first kappa shape index (κ1) is 22.2. The molecule has 0 aliphatic carbocycles. The fraction of sp³-hybridized carbons (Fsp3) is 0.542. The number of carbonyl (C=O) groups excluding carboxylic acids is 1. The maximum atomic E-state index is 12.3. The molecule has 4 nitrogen and oxygen atoms in total. The van der Waals surface area contributed by atoms with E-state index in [0.717, 1.165) is 58.4 Å². The lowest BCUT2D eigenvalue weighted by Gasteiger charge is -2.33. The van der Waals surface area contributed by atoms with Gasteiger partial charge in [-0.2, -0.15) is 0 Å². The summed E-state index contributed by atoms with van der Waals surface area (Å²) in [7, 11) is 0. The minimum absolute atomic E-state index is 0.00289. The lowest BCUT2D eigenvalue weighted by atomic mass is 10.1. The Morgan fingerprint density at radius 2 is 1.61 bits per heavy atom. The average molecular weight is 385 g/mol. The molecule has 2 heterocycles. The Bertz CT molecular complexity index is 686. The van der Waals surface area contributed by atoms with Gasteiger partial charge in [0, 0.05) is 32.7 Å². The van der Waals surface area contributed by atoms with Crippen molar-refractivity contribution in [3.05, 3.63) is 59.1 Å². The van der Waals surface area contributed by atoms with Gasteiger partial charge in [0.25, 0.3) is 5.91 Å². The van der Waals surface area contributed by atoms with Gasteiger partial charge in [-0.1, -0.05) is 34.9 Å². The van der Waals surface area contributed by atoms with E-state index < -0.39 is 0 Å². The summed E-state index contributed by atoms with van der Waals surface area (Å²) >= 11 is 0. The van der Waals surface area contributed by atoms with Crippen molar-refractivity contribution in [2.24, 2.45) is 0 Å². The predicted octanol–water partition coefficient (Wildman–Crippen LogP) is 5.46. The highest BCUT2D eigenvalue weighted by atomic mass is 16.3. The number of piperazine rings is 1. The second-order valence-corrected chi connectivity index (χ2v) is 8.03. The molecule has 0 unspecified atom stereocenters. The summed E-state index contributed by atoms with van der Waals surface area (Å²) in [6, 6.07) is 3.50. The van der Waals surface area contributed by atoms with Crippen molar-refractivity contribution in [3.8, 4) is 0 Å². The molecule has 1 aliphatic heterocycles. The molecule has 28 heavy (non-hydrogen) atoms. The zero-order chi connectivity index (χ0) is 20.4. The van der Waals surface area contributed by atoms with Crippen LogP contribution in [0.5, 0.6) is 0 Å². The van der Waals surface area contributed by atoms with Crippen LogP contribution in [0.25, 0.3) is 0 Å². The van der Waals surface area contributed by atoms with E-state index in [2.05, 4.69) is 50.8 Å². The Hall–Kier alpha value is -2.07. The first-order valence-electron chi connectivity index (χ1n) is 10.5. The standard InChI is InChI=1S/C24H36N2O2/c1-20(2)8-5-9-21(3)10-6-11-22(4)13-14-25-15-17-26(18-16-25)24(27)23-12-7-19-28-23/h7-8,10,12-13,19H,5-6,9,11,14-18H2,1-4H3. The van der Waals surface area contributed by atoms with E-state index in [0.29, 0.717) is 5.76 Å². The van der Waals surface area contributed by atoms with Crippen molar-refractivity contribution in [1.82, 2.24) is 9.80 Å². The van der Waals surface area contributed by atoms with Crippen LogP contribution in [0, 0.1) is 0 Å². The Labute approximate surface area is 170 Å². The minimum Gasteiger partial charge on any atom is -0.459 e. The second-order valence-electron chi connectivity index (χ2n) is 8.03. The highest BCUT2D eigenvalue weighted by molar-refractivity contribution is 5.91. The molecule has 0 radical (unpaired) electrons. The van der Waals surface area contributed by atoms with Crippen LogP contribution in [0.1, 0.15) is 63.9 Å². The Balaban J connectivity index is 1.65. The summed E-state index contributed by atoms with van der Waals surface area (Å²) in [4.78, 5) is 16.6. The summed E-state index contributed by atoms with van der Waals surface area (Å²) < 4.78 is 5.22. The largest absolute Gasteiger partial charge is 0.459 e. The van der Waals surface area contributed by atoms with E-state index >= 15 is 0 Å². The zero-order valence-electron chi connectivity index (χ0n) is 18.0. The summed E-state index contributed by atoms with van der Waals surface area (Å²) in [5.74, 6) is 0.441. The van der Waals surface area contributed by atoms with Crippen LogP contribution in [0.15, 0.2) is 57.8 Å². The number of hydrogen-bond acceptors (Lipinski definition) is 3. The van der Waals surface area contributed by atoms with Crippen molar-refractivity contribution in [2.45, 2.75) is 53.4 Å². The number of furan rings is 1. The number of rotatable bonds is 9. The molecule has 1 aromatic rings. The summed E-state index contributed by atoms with van der Waals surface area (Å²) in [5.41, 5.74) is 4.34. The van der Waals surface area contributed by atoms with Gasteiger partial charge in [0.1, 0.15) is 0 Å². The van der Waals surface area contributed by atoms with Crippen molar-refractivity contribution in [2.75, 3.05) is 32.7 Å². The van der Waals surface area contributed by atoms with Gasteiger partial charge in [0.15, 0.2) is 5.76 Å². The Kier molecular flexibility index (Phi) is 9.29. The maximum Gasteiger partial charge on any atom is 0.289 e. The van der Waals surface area contributed by atoms with Gasteiger partial charge in [-0.25, -0.2) is 0 Å². The SMILES string of the molecule is CC(C)=CCCC(C)=CCCC(C)=CCN1CCN(C(=O)c2ccco2)CC1. The van der Waals surface area contributed by atoms with Crippen molar-refractivity contribution < 1.29 is 9.21 Å². The molecular formula is C24H36N2O2. The van der Waals surface area contributed by atoms with Crippen molar-refractivity contribution >= 4 is 5.91 Å². The molecule has 1 fully saturated rings. The average Bonchev–Trinajstić information content (AvgIpc) is 3.20. The van der Waals surface area contributed by atoms with Crippen LogP contribution in [0.2, 0.25) is 0 Å². The second kappa shape index (κ2) is 11.7. The first-order chi connectivity index (χ1) is 13.5. The van der Waals surface area contributed by atoms with E-state index in [-0.39, 0.29) is 5.91 Å².